The maximum Gasteiger partial charge on any atom is 0.191 e. The summed E-state index contributed by atoms with van der Waals surface area (Å²) >= 11 is 1.76. The molecule has 0 saturated carbocycles. The van der Waals surface area contributed by atoms with Crippen LogP contribution < -0.4 is 15.4 Å². The molecule has 0 amide bonds. The number of aromatic nitrogens is 1. The third kappa shape index (κ3) is 8.00. The van der Waals surface area contributed by atoms with Gasteiger partial charge in [-0.3, -0.25) is 4.99 Å². The van der Waals surface area contributed by atoms with Crippen molar-refractivity contribution in [1.29, 1.82) is 0 Å². The van der Waals surface area contributed by atoms with Crippen LogP contribution in [0.4, 0.5) is 4.39 Å². The van der Waals surface area contributed by atoms with E-state index in [9.17, 15) is 4.39 Å². The first-order valence-electron chi connectivity index (χ1n) is 8.83. The number of aliphatic imine (C=N–C) groups is 1. The molecule has 1 unspecified atom stereocenters. The Morgan fingerprint density at radius 2 is 2.00 bits per heavy atom. The molecule has 0 fully saturated rings. The molecule has 0 aliphatic rings. The van der Waals surface area contributed by atoms with Gasteiger partial charge in [0, 0.05) is 24.9 Å². The van der Waals surface area contributed by atoms with Crippen LogP contribution in [-0.4, -0.2) is 37.2 Å². The number of hydrogen-bond acceptors (Lipinski definition) is 4. The molecule has 1 atom stereocenters. The molecule has 2 rings (SSSR count). The van der Waals surface area contributed by atoms with E-state index >= 15 is 0 Å². The fourth-order valence-electron chi connectivity index (χ4n) is 2.46. The fourth-order valence-corrected chi connectivity index (χ4v) is 3.48. The number of rotatable bonds is 8. The zero-order chi connectivity index (χ0) is 18.9. The Morgan fingerprint density at radius 3 is 2.59 bits per heavy atom. The standard InChI is InChI=1S/C19H27FN4OS.HI/c1-5-17-14(3)26-18(24-17)10-11-22-19(21-4)23-12-13(2)25-16-8-6-15(20)7-9-16;/h6-9,13H,5,10-12H2,1-4H3,(H2,21,22,23);1H. The van der Waals surface area contributed by atoms with Crippen molar-refractivity contribution in [3.8, 4) is 5.75 Å². The molecule has 1 aromatic carbocycles. The maximum absolute atomic E-state index is 12.9. The Balaban J connectivity index is 0.00000364. The average molecular weight is 506 g/mol. The summed E-state index contributed by atoms with van der Waals surface area (Å²) in [6.07, 6.45) is 1.77. The molecule has 0 saturated heterocycles. The first-order chi connectivity index (χ1) is 12.5. The van der Waals surface area contributed by atoms with E-state index in [0.717, 1.165) is 30.4 Å². The van der Waals surface area contributed by atoms with Crippen LogP contribution in [-0.2, 0) is 12.8 Å². The summed E-state index contributed by atoms with van der Waals surface area (Å²) in [5, 5.41) is 7.68. The maximum atomic E-state index is 12.9. The Labute approximate surface area is 181 Å². The van der Waals surface area contributed by atoms with Crippen LogP contribution in [0.2, 0.25) is 0 Å². The summed E-state index contributed by atoms with van der Waals surface area (Å²) in [7, 11) is 1.74. The van der Waals surface area contributed by atoms with Crippen LogP contribution in [0.1, 0.15) is 29.4 Å². The van der Waals surface area contributed by atoms with Crippen LogP contribution in [0.3, 0.4) is 0 Å². The van der Waals surface area contributed by atoms with Gasteiger partial charge in [0.2, 0.25) is 0 Å². The minimum absolute atomic E-state index is 0. The van der Waals surface area contributed by atoms with E-state index in [4.69, 9.17) is 4.74 Å². The van der Waals surface area contributed by atoms with Crippen molar-refractivity contribution < 1.29 is 9.13 Å². The van der Waals surface area contributed by atoms with Crippen molar-refractivity contribution in [3.63, 3.8) is 0 Å². The summed E-state index contributed by atoms with van der Waals surface area (Å²) in [5.74, 6) is 1.10. The molecule has 0 radical (unpaired) electrons. The summed E-state index contributed by atoms with van der Waals surface area (Å²) in [6, 6.07) is 6.03. The van der Waals surface area contributed by atoms with Crippen LogP contribution in [0.15, 0.2) is 29.3 Å². The number of aryl methyl sites for hydroxylation is 2. The van der Waals surface area contributed by atoms with Crippen molar-refractivity contribution in [2.45, 2.75) is 39.7 Å². The molecule has 2 N–H and O–H groups in total. The van der Waals surface area contributed by atoms with Crippen molar-refractivity contribution in [1.82, 2.24) is 15.6 Å². The summed E-state index contributed by atoms with van der Waals surface area (Å²) in [5.41, 5.74) is 1.19. The van der Waals surface area contributed by atoms with E-state index in [0.29, 0.717) is 12.3 Å². The number of halogens is 2. The number of ether oxygens (including phenoxy) is 1. The quantitative estimate of drug-likeness (QED) is 0.324. The highest BCUT2D eigenvalue weighted by molar-refractivity contribution is 14.0. The smallest absolute Gasteiger partial charge is 0.191 e. The molecular weight excluding hydrogens is 478 g/mol. The zero-order valence-electron chi connectivity index (χ0n) is 16.2. The van der Waals surface area contributed by atoms with Crippen LogP contribution in [0, 0.1) is 12.7 Å². The van der Waals surface area contributed by atoms with Crippen molar-refractivity contribution in [3.05, 3.63) is 45.7 Å². The predicted octanol–water partition coefficient (Wildman–Crippen LogP) is 3.95. The van der Waals surface area contributed by atoms with E-state index in [1.165, 1.54) is 22.7 Å². The molecule has 2 aromatic rings. The van der Waals surface area contributed by atoms with Gasteiger partial charge in [-0.2, -0.15) is 0 Å². The second-order valence-corrected chi connectivity index (χ2v) is 7.26. The van der Waals surface area contributed by atoms with Gasteiger partial charge in [-0.15, -0.1) is 35.3 Å². The van der Waals surface area contributed by atoms with Crippen molar-refractivity contribution in [2.24, 2.45) is 4.99 Å². The minimum atomic E-state index is -0.269. The molecule has 1 heterocycles. The summed E-state index contributed by atoms with van der Waals surface area (Å²) in [6.45, 7) is 7.56. The zero-order valence-corrected chi connectivity index (χ0v) is 19.4. The molecule has 0 aliphatic heterocycles. The second-order valence-electron chi connectivity index (χ2n) is 5.98. The molecule has 0 aliphatic carbocycles. The van der Waals surface area contributed by atoms with Gasteiger partial charge in [-0.05, 0) is 44.5 Å². The number of guanidine groups is 1. The molecule has 0 spiro atoms. The Hall–Kier alpha value is -1.42. The van der Waals surface area contributed by atoms with E-state index in [2.05, 4.69) is 34.5 Å². The van der Waals surface area contributed by atoms with Crippen LogP contribution in [0.25, 0.3) is 0 Å². The molecule has 27 heavy (non-hydrogen) atoms. The van der Waals surface area contributed by atoms with Gasteiger partial charge >= 0.3 is 0 Å². The normalized spacial score (nSPS) is 12.3. The first kappa shape index (κ1) is 23.6. The van der Waals surface area contributed by atoms with E-state index in [1.54, 1.807) is 30.5 Å². The summed E-state index contributed by atoms with van der Waals surface area (Å²) < 4.78 is 18.7. The van der Waals surface area contributed by atoms with E-state index in [-0.39, 0.29) is 35.9 Å². The largest absolute Gasteiger partial charge is 0.489 e. The van der Waals surface area contributed by atoms with Gasteiger partial charge in [0.1, 0.15) is 17.7 Å². The second kappa shape index (κ2) is 12.1. The molecular formula is C19H28FIN4OS. The lowest BCUT2D eigenvalue weighted by Crippen LogP contribution is -2.42. The number of nitrogens with zero attached hydrogens (tertiary/aromatic N) is 2. The molecule has 1 aromatic heterocycles. The predicted molar refractivity (Wildman–Crippen MR) is 121 cm³/mol. The van der Waals surface area contributed by atoms with Gasteiger partial charge in [-0.1, -0.05) is 6.92 Å². The van der Waals surface area contributed by atoms with Crippen molar-refractivity contribution in [2.75, 3.05) is 20.1 Å². The lowest BCUT2D eigenvalue weighted by Gasteiger charge is -2.17. The topological polar surface area (TPSA) is 58.5 Å². The minimum Gasteiger partial charge on any atom is -0.489 e. The average Bonchev–Trinajstić information content (AvgIpc) is 2.99. The third-order valence-corrected chi connectivity index (χ3v) is 4.91. The van der Waals surface area contributed by atoms with Crippen LogP contribution >= 0.6 is 35.3 Å². The summed E-state index contributed by atoms with van der Waals surface area (Å²) in [4.78, 5) is 10.2. The monoisotopic (exact) mass is 506 g/mol. The van der Waals surface area contributed by atoms with E-state index < -0.39 is 0 Å². The first-order valence-corrected chi connectivity index (χ1v) is 9.65. The third-order valence-electron chi connectivity index (χ3n) is 3.83. The lowest BCUT2D eigenvalue weighted by molar-refractivity contribution is 0.223. The Bertz CT molecular complexity index is 721. The number of thiazole rings is 1. The van der Waals surface area contributed by atoms with Gasteiger partial charge in [0.25, 0.3) is 0 Å². The van der Waals surface area contributed by atoms with Crippen LogP contribution in [0.5, 0.6) is 5.75 Å². The van der Waals surface area contributed by atoms with Gasteiger partial charge in [0.15, 0.2) is 5.96 Å². The van der Waals surface area contributed by atoms with E-state index in [1.807, 2.05) is 6.92 Å². The molecule has 5 nitrogen and oxygen atoms in total. The lowest BCUT2D eigenvalue weighted by atomic mass is 10.3. The van der Waals surface area contributed by atoms with Gasteiger partial charge in [-0.25, -0.2) is 9.37 Å². The Kier molecular flexibility index (Phi) is 10.6. The fraction of sp³-hybridized carbons (Fsp3) is 0.474. The number of hydrogen-bond donors (Lipinski definition) is 2. The molecule has 8 heteroatoms. The number of benzene rings is 1. The van der Waals surface area contributed by atoms with Gasteiger partial charge in [0.05, 0.1) is 17.2 Å². The van der Waals surface area contributed by atoms with Gasteiger partial charge < -0.3 is 15.4 Å². The highest BCUT2D eigenvalue weighted by atomic mass is 127. The van der Waals surface area contributed by atoms with Crippen molar-refractivity contribution >= 4 is 41.3 Å². The highest BCUT2D eigenvalue weighted by Crippen LogP contribution is 2.18. The molecule has 0 bridgehead atoms. The Morgan fingerprint density at radius 1 is 1.30 bits per heavy atom. The molecule has 150 valence electrons. The number of nitrogens with one attached hydrogen (secondary N) is 2. The SMILES string of the molecule is CCc1nc(CCNC(=NC)NCC(C)Oc2ccc(F)cc2)sc1C.I. The highest BCUT2D eigenvalue weighted by Gasteiger charge is 2.08.